The molecule has 22 heavy (non-hydrogen) atoms. The molecular formula is C20H24O2. The van der Waals surface area contributed by atoms with Crippen LogP contribution in [0.5, 0.6) is 5.75 Å². The van der Waals surface area contributed by atoms with E-state index in [1.807, 2.05) is 12.1 Å². The minimum atomic E-state index is 0.890. The van der Waals surface area contributed by atoms with E-state index < -0.39 is 0 Å². The molecule has 0 saturated carbocycles. The maximum Gasteiger partial charge on any atom is 0.138 e. The van der Waals surface area contributed by atoms with E-state index in [0.717, 1.165) is 24.4 Å². The lowest BCUT2D eigenvalue weighted by atomic mass is 9.90. The van der Waals surface area contributed by atoms with Crippen molar-refractivity contribution in [3.8, 4) is 16.9 Å². The molecule has 0 saturated heterocycles. The van der Waals surface area contributed by atoms with Crippen molar-refractivity contribution in [1.82, 2.24) is 0 Å². The third-order valence-electron chi connectivity index (χ3n) is 4.64. The Bertz CT molecular complexity index is 698. The number of fused-ring (bicyclic) bond motifs is 1. The number of aryl methyl sites for hydroxylation is 1. The van der Waals surface area contributed by atoms with Crippen LogP contribution < -0.4 is 4.74 Å². The van der Waals surface area contributed by atoms with Crippen LogP contribution in [0.2, 0.25) is 0 Å². The van der Waals surface area contributed by atoms with Crippen molar-refractivity contribution in [3.63, 3.8) is 0 Å². The molecule has 0 aliphatic heterocycles. The minimum Gasteiger partial charge on any atom is -0.497 e. The van der Waals surface area contributed by atoms with Crippen LogP contribution in [0.3, 0.4) is 0 Å². The largest absolute Gasteiger partial charge is 0.497 e. The molecule has 0 radical (unpaired) electrons. The van der Waals surface area contributed by atoms with E-state index in [9.17, 15) is 0 Å². The molecule has 0 bridgehead atoms. The van der Waals surface area contributed by atoms with Crippen LogP contribution >= 0.6 is 0 Å². The number of ether oxygens (including phenoxy) is 1. The Labute approximate surface area is 132 Å². The molecule has 0 spiro atoms. The number of furan rings is 1. The van der Waals surface area contributed by atoms with Gasteiger partial charge in [0.25, 0.3) is 0 Å². The SMILES string of the molecule is COc1ccc(-c2c(C(C)=C(C)C)oc3c2CCCC3)cc1. The topological polar surface area (TPSA) is 22.4 Å². The van der Waals surface area contributed by atoms with Gasteiger partial charge in [-0.15, -0.1) is 0 Å². The van der Waals surface area contributed by atoms with E-state index in [2.05, 4.69) is 32.9 Å². The standard InChI is InChI=1S/C20H24O2/c1-13(2)14(3)20-19(15-9-11-16(21-4)12-10-15)17-7-5-6-8-18(17)22-20/h9-12H,5-8H2,1-4H3. The normalized spacial score (nSPS) is 13.6. The highest BCUT2D eigenvalue weighted by Gasteiger charge is 2.24. The molecule has 0 unspecified atom stereocenters. The minimum absolute atomic E-state index is 0.890. The van der Waals surface area contributed by atoms with E-state index in [4.69, 9.17) is 9.15 Å². The average molecular weight is 296 g/mol. The first-order valence-electron chi connectivity index (χ1n) is 8.05. The Morgan fingerprint density at radius 3 is 2.32 bits per heavy atom. The zero-order valence-electron chi connectivity index (χ0n) is 14.0. The number of hydrogen-bond acceptors (Lipinski definition) is 2. The van der Waals surface area contributed by atoms with Gasteiger partial charge in [0.1, 0.15) is 17.3 Å². The molecule has 2 nitrogen and oxygen atoms in total. The molecule has 2 heteroatoms. The predicted molar refractivity (Wildman–Crippen MR) is 91.3 cm³/mol. The van der Waals surface area contributed by atoms with Crippen molar-refractivity contribution in [1.29, 1.82) is 0 Å². The summed E-state index contributed by atoms with van der Waals surface area (Å²) in [6, 6.07) is 8.33. The monoisotopic (exact) mass is 296 g/mol. The fourth-order valence-electron chi connectivity index (χ4n) is 3.12. The second-order valence-corrected chi connectivity index (χ2v) is 6.27. The molecule has 1 aliphatic rings. The Hall–Kier alpha value is -1.96. The van der Waals surface area contributed by atoms with Gasteiger partial charge < -0.3 is 9.15 Å². The molecule has 1 aromatic heterocycles. The van der Waals surface area contributed by atoms with Gasteiger partial charge in [0, 0.05) is 17.5 Å². The van der Waals surface area contributed by atoms with Gasteiger partial charge in [-0.3, -0.25) is 0 Å². The fraction of sp³-hybridized carbons (Fsp3) is 0.400. The van der Waals surface area contributed by atoms with Gasteiger partial charge >= 0.3 is 0 Å². The summed E-state index contributed by atoms with van der Waals surface area (Å²) in [5.41, 5.74) is 6.48. The highest BCUT2D eigenvalue weighted by molar-refractivity contribution is 5.82. The smallest absolute Gasteiger partial charge is 0.138 e. The molecular weight excluding hydrogens is 272 g/mol. The summed E-state index contributed by atoms with van der Waals surface area (Å²) in [7, 11) is 1.70. The first kappa shape index (κ1) is 15.0. The number of benzene rings is 1. The molecule has 0 amide bonds. The van der Waals surface area contributed by atoms with Crippen LogP contribution in [0.4, 0.5) is 0 Å². The number of allylic oxidation sites excluding steroid dienone is 2. The Balaban J connectivity index is 2.19. The molecule has 3 rings (SSSR count). The van der Waals surface area contributed by atoms with Gasteiger partial charge in [0.15, 0.2) is 0 Å². The second-order valence-electron chi connectivity index (χ2n) is 6.27. The number of hydrogen-bond donors (Lipinski definition) is 0. The third-order valence-corrected chi connectivity index (χ3v) is 4.64. The van der Waals surface area contributed by atoms with Gasteiger partial charge in [0.2, 0.25) is 0 Å². The quantitative estimate of drug-likeness (QED) is 0.730. The summed E-state index contributed by atoms with van der Waals surface area (Å²) in [5, 5.41) is 0. The van der Waals surface area contributed by atoms with Crippen LogP contribution in [-0.2, 0) is 12.8 Å². The summed E-state index contributed by atoms with van der Waals surface area (Å²) in [5.74, 6) is 3.13. The molecule has 2 aromatic rings. The Morgan fingerprint density at radius 1 is 1.00 bits per heavy atom. The van der Waals surface area contributed by atoms with Crippen molar-refractivity contribution in [2.75, 3.05) is 7.11 Å². The molecule has 0 N–H and O–H groups in total. The van der Waals surface area contributed by atoms with E-state index >= 15 is 0 Å². The summed E-state index contributed by atoms with van der Waals surface area (Å²) in [4.78, 5) is 0. The van der Waals surface area contributed by atoms with E-state index in [1.165, 1.54) is 46.4 Å². The van der Waals surface area contributed by atoms with Crippen LogP contribution in [0, 0.1) is 0 Å². The third kappa shape index (κ3) is 2.58. The highest BCUT2D eigenvalue weighted by atomic mass is 16.5. The molecule has 116 valence electrons. The van der Waals surface area contributed by atoms with E-state index in [0.29, 0.717) is 0 Å². The van der Waals surface area contributed by atoms with Gasteiger partial charge in [-0.25, -0.2) is 0 Å². The number of rotatable bonds is 3. The maximum atomic E-state index is 6.28. The molecule has 1 aromatic carbocycles. The maximum absolute atomic E-state index is 6.28. The highest BCUT2D eigenvalue weighted by Crippen LogP contribution is 2.41. The zero-order valence-corrected chi connectivity index (χ0v) is 14.0. The first-order valence-corrected chi connectivity index (χ1v) is 8.05. The molecule has 0 atom stereocenters. The van der Waals surface area contributed by atoms with E-state index in [1.54, 1.807) is 7.11 Å². The molecule has 0 fully saturated rings. The zero-order chi connectivity index (χ0) is 15.7. The van der Waals surface area contributed by atoms with Crippen LogP contribution in [0.15, 0.2) is 34.3 Å². The lowest BCUT2D eigenvalue weighted by Gasteiger charge is -2.12. The summed E-state index contributed by atoms with van der Waals surface area (Å²) in [6.45, 7) is 6.45. The van der Waals surface area contributed by atoms with Crippen LogP contribution in [0.1, 0.15) is 50.7 Å². The molecule has 1 aliphatic carbocycles. The lowest BCUT2D eigenvalue weighted by molar-refractivity contribution is 0.415. The Kier molecular flexibility index (Phi) is 4.10. The van der Waals surface area contributed by atoms with Gasteiger partial charge in [-0.2, -0.15) is 0 Å². The summed E-state index contributed by atoms with van der Waals surface area (Å²) < 4.78 is 11.6. The Morgan fingerprint density at radius 2 is 1.68 bits per heavy atom. The first-order chi connectivity index (χ1) is 10.6. The van der Waals surface area contributed by atoms with Gasteiger partial charge in [0.05, 0.1) is 7.11 Å². The van der Waals surface area contributed by atoms with Crippen molar-refractivity contribution >= 4 is 5.57 Å². The van der Waals surface area contributed by atoms with Crippen molar-refractivity contribution in [2.45, 2.75) is 46.5 Å². The van der Waals surface area contributed by atoms with Crippen LogP contribution in [0.25, 0.3) is 16.7 Å². The van der Waals surface area contributed by atoms with Crippen molar-refractivity contribution in [3.05, 3.63) is 46.9 Å². The second kappa shape index (κ2) is 6.04. The lowest BCUT2D eigenvalue weighted by Crippen LogP contribution is -2.00. The average Bonchev–Trinajstić information content (AvgIpc) is 2.93. The van der Waals surface area contributed by atoms with Crippen molar-refractivity contribution in [2.24, 2.45) is 0 Å². The van der Waals surface area contributed by atoms with Crippen LogP contribution in [-0.4, -0.2) is 7.11 Å². The molecule has 1 heterocycles. The fourth-order valence-corrected chi connectivity index (χ4v) is 3.12. The van der Waals surface area contributed by atoms with Gasteiger partial charge in [-0.05, 0) is 63.3 Å². The van der Waals surface area contributed by atoms with Crippen molar-refractivity contribution < 1.29 is 9.15 Å². The van der Waals surface area contributed by atoms with E-state index in [-0.39, 0.29) is 0 Å². The summed E-state index contributed by atoms with van der Waals surface area (Å²) >= 11 is 0. The number of methoxy groups -OCH3 is 1. The summed E-state index contributed by atoms with van der Waals surface area (Å²) in [6.07, 6.45) is 4.67. The predicted octanol–water partition coefficient (Wildman–Crippen LogP) is 5.65. The van der Waals surface area contributed by atoms with Gasteiger partial charge in [-0.1, -0.05) is 17.7 Å².